The van der Waals surface area contributed by atoms with E-state index in [9.17, 15) is 0 Å². The summed E-state index contributed by atoms with van der Waals surface area (Å²) in [6.45, 7) is 4.14. The molecule has 0 aliphatic rings. The second-order valence-electron chi connectivity index (χ2n) is 3.84. The van der Waals surface area contributed by atoms with Crippen LogP contribution in [0.1, 0.15) is 23.9 Å². The number of nitrogens with two attached hydrogens (primary N) is 1. The van der Waals surface area contributed by atoms with Gasteiger partial charge in [-0.15, -0.1) is 11.3 Å². The Hall–Kier alpha value is -1.36. The number of thiazole rings is 1. The lowest BCUT2D eigenvalue weighted by Crippen LogP contribution is -1.99. The van der Waals surface area contributed by atoms with Crippen LogP contribution in [-0.2, 0) is 13.5 Å². The van der Waals surface area contributed by atoms with E-state index in [1.54, 1.807) is 16.0 Å². The molecular formula is C11H16N4S. The molecule has 2 heterocycles. The van der Waals surface area contributed by atoms with E-state index in [1.165, 1.54) is 0 Å². The highest BCUT2D eigenvalue weighted by Crippen LogP contribution is 2.28. The molecule has 4 nitrogen and oxygen atoms in total. The van der Waals surface area contributed by atoms with Crippen LogP contribution in [0.15, 0.2) is 5.38 Å². The van der Waals surface area contributed by atoms with Gasteiger partial charge in [0, 0.05) is 18.0 Å². The molecular weight excluding hydrogens is 220 g/mol. The molecule has 0 aliphatic carbocycles. The minimum absolute atomic E-state index is 0.752. The smallest absolute Gasteiger partial charge is 0.125 e. The first kappa shape index (κ1) is 11.1. The van der Waals surface area contributed by atoms with Gasteiger partial charge >= 0.3 is 0 Å². The quantitative estimate of drug-likeness (QED) is 0.890. The Balaban J connectivity index is 2.51. The molecule has 0 saturated carbocycles. The Morgan fingerprint density at radius 3 is 2.81 bits per heavy atom. The van der Waals surface area contributed by atoms with E-state index in [-0.39, 0.29) is 0 Å². The van der Waals surface area contributed by atoms with Crippen LogP contribution < -0.4 is 5.73 Å². The summed E-state index contributed by atoms with van der Waals surface area (Å²) in [5.74, 6) is 0.752. The summed E-state index contributed by atoms with van der Waals surface area (Å²) in [6, 6.07) is 0. The van der Waals surface area contributed by atoms with Crippen molar-refractivity contribution < 1.29 is 0 Å². The van der Waals surface area contributed by atoms with Crippen molar-refractivity contribution in [1.29, 1.82) is 0 Å². The lowest BCUT2D eigenvalue weighted by atomic mass is 10.1. The molecule has 5 heteroatoms. The number of aromatic nitrogens is 3. The summed E-state index contributed by atoms with van der Waals surface area (Å²) in [4.78, 5) is 4.47. The zero-order chi connectivity index (χ0) is 11.7. The number of hydrogen-bond donors (Lipinski definition) is 1. The van der Waals surface area contributed by atoms with Gasteiger partial charge in [-0.3, -0.25) is 4.68 Å². The third kappa shape index (κ3) is 1.82. The van der Waals surface area contributed by atoms with E-state index in [0.29, 0.717) is 0 Å². The molecule has 0 bridgehead atoms. The van der Waals surface area contributed by atoms with Gasteiger partial charge in [-0.05, 0) is 13.3 Å². The van der Waals surface area contributed by atoms with Gasteiger partial charge in [-0.1, -0.05) is 13.3 Å². The second kappa shape index (κ2) is 4.25. The summed E-state index contributed by atoms with van der Waals surface area (Å²) >= 11 is 1.64. The molecule has 2 N–H and O–H groups in total. The van der Waals surface area contributed by atoms with Gasteiger partial charge in [0.05, 0.1) is 5.01 Å². The number of anilines is 1. The maximum atomic E-state index is 6.01. The average Bonchev–Trinajstić information content (AvgIpc) is 2.78. The van der Waals surface area contributed by atoms with Crippen molar-refractivity contribution >= 4 is 17.2 Å². The molecule has 0 aromatic carbocycles. The standard InChI is InChI=1S/C11H16N4S/c1-4-5-8-10(14-15(3)11(8)12)9-6-16-7(2)13-9/h6H,4-5,12H2,1-3H3. The number of rotatable bonds is 3. The Morgan fingerprint density at radius 1 is 1.50 bits per heavy atom. The monoisotopic (exact) mass is 236 g/mol. The first-order valence-corrected chi connectivity index (χ1v) is 6.25. The van der Waals surface area contributed by atoms with Crippen LogP contribution in [0.3, 0.4) is 0 Å². The maximum absolute atomic E-state index is 6.01. The largest absolute Gasteiger partial charge is 0.384 e. The molecule has 0 atom stereocenters. The zero-order valence-electron chi connectivity index (χ0n) is 9.82. The molecule has 0 saturated heterocycles. The summed E-state index contributed by atoms with van der Waals surface area (Å²) < 4.78 is 1.73. The molecule has 0 radical (unpaired) electrons. The van der Waals surface area contributed by atoms with Crippen LogP contribution in [0, 0.1) is 6.92 Å². The zero-order valence-corrected chi connectivity index (χ0v) is 10.6. The second-order valence-corrected chi connectivity index (χ2v) is 4.90. The molecule has 0 aliphatic heterocycles. The first-order valence-electron chi connectivity index (χ1n) is 5.37. The third-order valence-electron chi connectivity index (χ3n) is 2.56. The average molecular weight is 236 g/mol. The first-order chi connectivity index (χ1) is 7.63. The molecule has 2 aromatic heterocycles. The van der Waals surface area contributed by atoms with Crippen molar-refractivity contribution in [2.75, 3.05) is 5.73 Å². The van der Waals surface area contributed by atoms with Crippen molar-refractivity contribution in [3.63, 3.8) is 0 Å². The van der Waals surface area contributed by atoms with E-state index >= 15 is 0 Å². The molecule has 0 fully saturated rings. The van der Waals surface area contributed by atoms with Crippen LogP contribution in [0.2, 0.25) is 0 Å². The number of nitrogens with zero attached hydrogens (tertiary/aromatic N) is 3. The molecule has 0 amide bonds. The van der Waals surface area contributed by atoms with Crippen molar-refractivity contribution in [3.05, 3.63) is 16.0 Å². The fraction of sp³-hybridized carbons (Fsp3) is 0.455. The highest BCUT2D eigenvalue weighted by Gasteiger charge is 2.16. The fourth-order valence-electron chi connectivity index (χ4n) is 1.76. The van der Waals surface area contributed by atoms with E-state index in [1.807, 2.05) is 19.4 Å². The van der Waals surface area contributed by atoms with E-state index in [2.05, 4.69) is 17.0 Å². The summed E-state index contributed by atoms with van der Waals surface area (Å²) in [5, 5.41) is 7.54. The summed E-state index contributed by atoms with van der Waals surface area (Å²) in [6.07, 6.45) is 2.01. The number of hydrogen-bond acceptors (Lipinski definition) is 4. The van der Waals surface area contributed by atoms with Gasteiger partial charge in [0.1, 0.15) is 17.2 Å². The minimum Gasteiger partial charge on any atom is -0.384 e. The normalized spacial score (nSPS) is 10.9. The van der Waals surface area contributed by atoms with Crippen LogP contribution in [0.5, 0.6) is 0 Å². The molecule has 2 rings (SSSR count). The predicted molar refractivity (Wildman–Crippen MR) is 67.5 cm³/mol. The summed E-state index contributed by atoms with van der Waals surface area (Å²) in [7, 11) is 1.87. The molecule has 0 spiro atoms. The Morgan fingerprint density at radius 2 is 2.25 bits per heavy atom. The Bertz CT molecular complexity index is 498. The lowest BCUT2D eigenvalue weighted by Gasteiger charge is -1.99. The predicted octanol–water partition coefficient (Wildman–Crippen LogP) is 2.39. The molecule has 16 heavy (non-hydrogen) atoms. The SMILES string of the molecule is CCCc1c(-c2csc(C)n2)nn(C)c1N. The maximum Gasteiger partial charge on any atom is 0.125 e. The van der Waals surface area contributed by atoms with E-state index < -0.39 is 0 Å². The van der Waals surface area contributed by atoms with Gasteiger partial charge in [0.2, 0.25) is 0 Å². The van der Waals surface area contributed by atoms with Crippen LogP contribution in [0.25, 0.3) is 11.4 Å². The van der Waals surface area contributed by atoms with Gasteiger partial charge in [0.15, 0.2) is 0 Å². The number of aryl methyl sites for hydroxylation is 2. The van der Waals surface area contributed by atoms with Crippen molar-refractivity contribution in [2.24, 2.45) is 7.05 Å². The van der Waals surface area contributed by atoms with Crippen LogP contribution >= 0.6 is 11.3 Å². The van der Waals surface area contributed by atoms with Gasteiger partial charge in [-0.25, -0.2) is 4.98 Å². The van der Waals surface area contributed by atoms with Crippen LogP contribution in [0.4, 0.5) is 5.82 Å². The topological polar surface area (TPSA) is 56.7 Å². The number of nitrogen functional groups attached to an aromatic ring is 1. The minimum atomic E-state index is 0.752. The Kier molecular flexibility index (Phi) is 2.96. The third-order valence-corrected chi connectivity index (χ3v) is 3.33. The van der Waals surface area contributed by atoms with Crippen molar-refractivity contribution in [2.45, 2.75) is 26.7 Å². The van der Waals surface area contributed by atoms with Gasteiger partial charge in [0.25, 0.3) is 0 Å². The Labute approximate surface area is 99.1 Å². The molecule has 86 valence electrons. The van der Waals surface area contributed by atoms with Crippen molar-refractivity contribution in [1.82, 2.24) is 14.8 Å². The van der Waals surface area contributed by atoms with Crippen molar-refractivity contribution in [3.8, 4) is 11.4 Å². The highest BCUT2D eigenvalue weighted by atomic mass is 32.1. The lowest BCUT2D eigenvalue weighted by molar-refractivity contribution is 0.780. The van der Waals surface area contributed by atoms with Crippen LogP contribution in [-0.4, -0.2) is 14.8 Å². The fourth-order valence-corrected chi connectivity index (χ4v) is 2.35. The van der Waals surface area contributed by atoms with E-state index in [4.69, 9.17) is 5.73 Å². The van der Waals surface area contributed by atoms with E-state index in [0.717, 1.165) is 40.6 Å². The van der Waals surface area contributed by atoms with Gasteiger partial charge < -0.3 is 5.73 Å². The molecule has 2 aromatic rings. The highest BCUT2D eigenvalue weighted by molar-refractivity contribution is 7.09. The van der Waals surface area contributed by atoms with Gasteiger partial charge in [-0.2, -0.15) is 5.10 Å². The molecule has 0 unspecified atom stereocenters. The summed E-state index contributed by atoms with van der Waals surface area (Å²) in [5.41, 5.74) is 9.01.